The van der Waals surface area contributed by atoms with Gasteiger partial charge in [0.2, 0.25) is 5.95 Å². The van der Waals surface area contributed by atoms with Crippen molar-refractivity contribution in [1.82, 2.24) is 30.1 Å². The van der Waals surface area contributed by atoms with Gasteiger partial charge in [0.1, 0.15) is 0 Å². The van der Waals surface area contributed by atoms with E-state index >= 15 is 0 Å². The van der Waals surface area contributed by atoms with Crippen molar-refractivity contribution in [2.45, 2.75) is 14.4 Å². The van der Waals surface area contributed by atoms with Gasteiger partial charge in [0.25, 0.3) is 0 Å². The van der Waals surface area contributed by atoms with Crippen LogP contribution in [0.1, 0.15) is 13.0 Å². The van der Waals surface area contributed by atoms with Gasteiger partial charge in [0, 0.05) is 64.8 Å². The summed E-state index contributed by atoms with van der Waals surface area (Å²) in [6, 6.07) is 13.4. The van der Waals surface area contributed by atoms with E-state index in [1.54, 1.807) is 18.5 Å². The molecule has 0 aliphatic carbocycles. The van der Waals surface area contributed by atoms with Gasteiger partial charge in [0.15, 0.2) is 11.6 Å². The van der Waals surface area contributed by atoms with Crippen LogP contribution >= 0.6 is 0 Å². The van der Waals surface area contributed by atoms with Crippen molar-refractivity contribution in [3.05, 3.63) is 72.1 Å². The first-order chi connectivity index (χ1) is 12.3. The summed E-state index contributed by atoms with van der Waals surface area (Å²) < 4.78 is 0. The summed E-state index contributed by atoms with van der Waals surface area (Å²) >= 11 is 0. The van der Waals surface area contributed by atoms with Crippen LogP contribution in [-0.2, 0) is 0 Å². The molecule has 1 aromatic carbocycles. The molecule has 0 aliphatic rings. The first-order valence-corrected chi connectivity index (χ1v) is 7.70. The number of aryl methyl sites for hydroxylation is 1. The Hall–Kier alpha value is -2.25. The maximum absolute atomic E-state index is 4.60. The van der Waals surface area contributed by atoms with Crippen molar-refractivity contribution in [3.63, 3.8) is 0 Å². The van der Waals surface area contributed by atoms with Crippen LogP contribution in [0.25, 0.3) is 22.8 Å². The molecule has 4 aromatic rings. The van der Waals surface area contributed by atoms with Crippen LogP contribution in [0, 0.1) is 54.4 Å². The number of aromatic amines is 2. The van der Waals surface area contributed by atoms with Crippen LogP contribution in [0.15, 0.2) is 59.9 Å². The Morgan fingerprint density at radius 2 is 1.52 bits per heavy atom. The monoisotopic (exact) mass is 485 g/mol. The van der Waals surface area contributed by atoms with Crippen molar-refractivity contribution < 1.29 is 41.3 Å². The second-order valence-corrected chi connectivity index (χ2v) is 5.42. The van der Waals surface area contributed by atoms with Crippen LogP contribution in [0.5, 0.6) is 0 Å². The van der Waals surface area contributed by atoms with Crippen LogP contribution in [0.2, 0.25) is 0 Å². The molecular formula is C19H18N7Pr-. The molecule has 0 bridgehead atoms. The minimum absolute atomic E-state index is 0. The second-order valence-electron chi connectivity index (χ2n) is 5.42. The van der Waals surface area contributed by atoms with E-state index in [2.05, 4.69) is 41.3 Å². The largest absolute Gasteiger partial charge is 0.409 e. The SMILES string of the molecule is C.Cc1ccc(-c2nc(N=c3c[c-][nH][nH]3)nc(-c3ccncc3)n2)cc1.[Pr]. The van der Waals surface area contributed by atoms with Crippen molar-refractivity contribution in [2.75, 3.05) is 0 Å². The van der Waals surface area contributed by atoms with E-state index < -0.39 is 0 Å². The number of hydrogen-bond donors (Lipinski definition) is 2. The summed E-state index contributed by atoms with van der Waals surface area (Å²) in [6.45, 7) is 2.04. The Labute approximate surface area is 190 Å². The number of pyridine rings is 1. The van der Waals surface area contributed by atoms with Crippen LogP contribution < -0.4 is 5.49 Å². The topological polar surface area (TPSA) is 95.5 Å². The van der Waals surface area contributed by atoms with Gasteiger partial charge in [0.05, 0.1) is 0 Å². The molecule has 133 valence electrons. The predicted octanol–water partition coefficient (Wildman–Crippen LogP) is 3.23. The molecule has 0 aliphatic heterocycles. The molecule has 27 heavy (non-hydrogen) atoms. The average molecular weight is 485 g/mol. The molecule has 3 aromatic heterocycles. The van der Waals surface area contributed by atoms with E-state index in [4.69, 9.17) is 0 Å². The fourth-order valence-electron chi connectivity index (χ4n) is 2.29. The molecule has 3 heterocycles. The molecule has 0 atom stereocenters. The Balaban J connectivity index is 0.00000131. The number of rotatable bonds is 3. The Morgan fingerprint density at radius 3 is 2.11 bits per heavy atom. The third-order valence-corrected chi connectivity index (χ3v) is 3.56. The number of nitrogens with zero attached hydrogens (tertiary/aromatic N) is 5. The van der Waals surface area contributed by atoms with Gasteiger partial charge in [-0.1, -0.05) is 37.3 Å². The molecule has 4 rings (SSSR count). The average Bonchev–Trinajstić information content (AvgIpc) is 3.16. The third kappa shape index (κ3) is 5.14. The summed E-state index contributed by atoms with van der Waals surface area (Å²) in [5.74, 6) is 1.44. The summed E-state index contributed by atoms with van der Waals surface area (Å²) in [5.41, 5.74) is 3.52. The summed E-state index contributed by atoms with van der Waals surface area (Å²) in [7, 11) is 0. The molecule has 0 unspecified atom stereocenters. The van der Waals surface area contributed by atoms with Gasteiger partial charge in [-0.05, 0) is 24.5 Å². The van der Waals surface area contributed by atoms with E-state index in [0.717, 1.165) is 11.1 Å². The number of aromatic nitrogens is 6. The normalized spacial score (nSPS) is 10.8. The summed E-state index contributed by atoms with van der Waals surface area (Å²) in [4.78, 5) is 22.0. The standard InChI is InChI=1S/C18H14N7.CH4.Pr/c1-12-2-4-13(5-3-12)16-22-17(14-6-9-19-10-7-14)24-18(23-16)21-15-8-11-20-25-15;;/h2-10H,1H3,(H2,20,21,22,23,24,25);1H4;/q-1;;. The fourth-order valence-corrected chi connectivity index (χ4v) is 2.29. The van der Waals surface area contributed by atoms with Gasteiger partial charge in [-0.25, -0.2) is 4.98 Å². The molecule has 0 amide bonds. The van der Waals surface area contributed by atoms with E-state index in [-0.39, 0.29) is 48.7 Å². The van der Waals surface area contributed by atoms with Crippen molar-refractivity contribution >= 4 is 5.95 Å². The zero-order valence-corrected chi connectivity index (χ0v) is 17.7. The zero-order valence-electron chi connectivity index (χ0n) is 14.0. The first-order valence-electron chi connectivity index (χ1n) is 7.70. The molecule has 0 spiro atoms. The molecule has 7 nitrogen and oxygen atoms in total. The van der Waals surface area contributed by atoms with Crippen LogP contribution in [0.3, 0.4) is 0 Å². The quantitative estimate of drug-likeness (QED) is 0.436. The van der Waals surface area contributed by atoms with E-state index in [1.165, 1.54) is 5.56 Å². The van der Waals surface area contributed by atoms with Gasteiger partial charge < -0.3 is 10.2 Å². The summed E-state index contributed by atoms with van der Waals surface area (Å²) in [6.07, 6.45) is 6.20. The summed E-state index contributed by atoms with van der Waals surface area (Å²) in [5, 5.41) is 5.58. The van der Waals surface area contributed by atoms with Crippen LogP contribution in [0.4, 0.5) is 5.95 Å². The van der Waals surface area contributed by atoms with E-state index in [1.807, 2.05) is 43.3 Å². The second kappa shape index (κ2) is 9.62. The van der Waals surface area contributed by atoms with E-state index in [0.29, 0.717) is 23.1 Å². The first kappa shape index (κ1) is 21.1. The Morgan fingerprint density at radius 1 is 0.889 bits per heavy atom. The van der Waals surface area contributed by atoms with Gasteiger partial charge in [-0.15, -0.1) is 0 Å². The van der Waals surface area contributed by atoms with Gasteiger partial charge >= 0.3 is 0 Å². The Bertz CT molecular complexity index is 1040. The maximum atomic E-state index is 4.60. The van der Waals surface area contributed by atoms with Crippen molar-refractivity contribution in [2.24, 2.45) is 4.99 Å². The van der Waals surface area contributed by atoms with Gasteiger partial charge in [-0.3, -0.25) is 9.98 Å². The predicted molar refractivity (Wildman–Crippen MR) is 99.2 cm³/mol. The maximum Gasteiger partial charge on any atom is 0.236 e. The molecule has 1 radical (unpaired) electrons. The Kier molecular flexibility index (Phi) is 7.50. The fraction of sp³-hybridized carbons (Fsp3) is 0.105. The van der Waals surface area contributed by atoms with Crippen LogP contribution in [-0.4, -0.2) is 30.1 Å². The van der Waals surface area contributed by atoms with E-state index in [9.17, 15) is 0 Å². The van der Waals surface area contributed by atoms with Crippen molar-refractivity contribution in [3.8, 4) is 22.8 Å². The molecule has 2 N–H and O–H groups in total. The van der Waals surface area contributed by atoms with Gasteiger partial charge in [-0.2, -0.15) is 22.2 Å². The molecule has 0 saturated heterocycles. The minimum atomic E-state index is 0. The molecule has 0 fully saturated rings. The minimum Gasteiger partial charge on any atom is -0.409 e. The number of H-pyrrole nitrogens is 2. The molecular weight excluding hydrogens is 467 g/mol. The molecule has 0 saturated carbocycles. The third-order valence-electron chi connectivity index (χ3n) is 3.56. The molecule has 8 heteroatoms. The number of hydrogen-bond acceptors (Lipinski definition) is 5. The smallest absolute Gasteiger partial charge is 0.236 e. The number of nitrogens with one attached hydrogen (secondary N) is 2. The van der Waals surface area contributed by atoms with Crippen molar-refractivity contribution in [1.29, 1.82) is 0 Å². The zero-order chi connectivity index (χ0) is 17.1. The number of benzene rings is 1.